The molecule has 17 heavy (non-hydrogen) atoms. The third-order valence-corrected chi connectivity index (χ3v) is 1.97. The molecular weight excluding hydrogens is 220 g/mol. The summed E-state index contributed by atoms with van der Waals surface area (Å²) >= 11 is 0. The van der Waals surface area contributed by atoms with E-state index in [1.165, 1.54) is 12.0 Å². The van der Waals surface area contributed by atoms with E-state index in [1.54, 1.807) is 14.1 Å². The fraction of sp³-hybridized carbons (Fsp3) is 0.333. The first-order valence-corrected chi connectivity index (χ1v) is 5.14. The molecule has 0 saturated heterocycles. The molecule has 0 atom stereocenters. The Morgan fingerprint density at radius 2 is 1.94 bits per heavy atom. The van der Waals surface area contributed by atoms with Gasteiger partial charge in [0.1, 0.15) is 19.5 Å². The largest absolute Gasteiger partial charge is 0.487 e. The molecule has 5 nitrogen and oxygen atoms in total. The van der Waals surface area contributed by atoms with Gasteiger partial charge in [0.15, 0.2) is 5.71 Å². The Morgan fingerprint density at radius 1 is 1.29 bits per heavy atom. The van der Waals surface area contributed by atoms with Crippen molar-refractivity contribution in [3.8, 4) is 5.75 Å². The predicted molar refractivity (Wildman–Crippen MR) is 65.1 cm³/mol. The van der Waals surface area contributed by atoms with Crippen molar-refractivity contribution < 1.29 is 14.4 Å². The molecule has 5 heteroatoms. The standard InChI is InChI=1S/C12H16N2O3/c1-14(2)12(15)11(13-16-3)9-17-10-7-5-4-6-8-10/h4-8H,9H2,1-3H3/b13-11+. The van der Waals surface area contributed by atoms with Crippen LogP contribution in [0.5, 0.6) is 5.75 Å². The first-order valence-electron chi connectivity index (χ1n) is 5.14. The van der Waals surface area contributed by atoms with E-state index in [0.29, 0.717) is 5.75 Å². The number of hydrogen-bond acceptors (Lipinski definition) is 4. The van der Waals surface area contributed by atoms with Crippen molar-refractivity contribution in [1.82, 2.24) is 4.90 Å². The summed E-state index contributed by atoms with van der Waals surface area (Å²) < 4.78 is 5.43. The van der Waals surface area contributed by atoms with Gasteiger partial charge in [0.05, 0.1) is 0 Å². The van der Waals surface area contributed by atoms with Gasteiger partial charge in [0.25, 0.3) is 5.91 Å². The Hall–Kier alpha value is -2.04. The summed E-state index contributed by atoms with van der Waals surface area (Å²) in [7, 11) is 4.69. The number of nitrogens with zero attached hydrogens (tertiary/aromatic N) is 2. The zero-order valence-corrected chi connectivity index (χ0v) is 10.2. The minimum absolute atomic E-state index is 0.0782. The molecule has 0 N–H and O–H groups in total. The molecule has 0 saturated carbocycles. The summed E-state index contributed by atoms with van der Waals surface area (Å²) in [5, 5.41) is 3.66. The molecule has 0 aliphatic carbocycles. The Morgan fingerprint density at radius 3 is 2.47 bits per heavy atom. The molecule has 0 bridgehead atoms. The molecule has 1 rings (SSSR count). The topological polar surface area (TPSA) is 51.1 Å². The SMILES string of the molecule is CO/N=C(\COc1ccccc1)C(=O)N(C)C. The van der Waals surface area contributed by atoms with E-state index in [4.69, 9.17) is 4.74 Å². The zero-order chi connectivity index (χ0) is 12.7. The van der Waals surface area contributed by atoms with Gasteiger partial charge >= 0.3 is 0 Å². The maximum atomic E-state index is 11.7. The molecule has 1 aromatic carbocycles. The third kappa shape index (κ3) is 4.14. The molecule has 0 fully saturated rings. The average molecular weight is 236 g/mol. The van der Waals surface area contributed by atoms with E-state index >= 15 is 0 Å². The maximum absolute atomic E-state index is 11.7. The maximum Gasteiger partial charge on any atom is 0.274 e. The van der Waals surface area contributed by atoms with Crippen molar-refractivity contribution in [2.45, 2.75) is 0 Å². The van der Waals surface area contributed by atoms with E-state index in [9.17, 15) is 4.79 Å². The molecule has 1 amide bonds. The number of ether oxygens (including phenoxy) is 1. The van der Waals surface area contributed by atoms with Crippen LogP contribution in [0.1, 0.15) is 0 Å². The summed E-state index contributed by atoms with van der Waals surface area (Å²) in [5.41, 5.74) is 0.223. The summed E-state index contributed by atoms with van der Waals surface area (Å²) in [5.74, 6) is 0.450. The molecule has 0 spiro atoms. The summed E-state index contributed by atoms with van der Waals surface area (Å²) in [4.78, 5) is 17.7. The highest BCUT2D eigenvalue weighted by Crippen LogP contribution is 2.08. The molecule has 0 radical (unpaired) electrons. The predicted octanol–water partition coefficient (Wildman–Crippen LogP) is 1.16. The van der Waals surface area contributed by atoms with Crippen molar-refractivity contribution in [2.24, 2.45) is 5.16 Å². The minimum Gasteiger partial charge on any atom is -0.487 e. The number of carbonyl (C=O) groups is 1. The number of rotatable bonds is 5. The molecule has 1 aromatic rings. The van der Waals surface area contributed by atoms with Gasteiger partial charge in [-0.3, -0.25) is 4.79 Å². The van der Waals surface area contributed by atoms with Crippen molar-refractivity contribution in [2.75, 3.05) is 27.8 Å². The van der Waals surface area contributed by atoms with Gasteiger partial charge in [-0.1, -0.05) is 23.4 Å². The Bertz CT molecular complexity index is 388. The lowest BCUT2D eigenvalue weighted by atomic mass is 10.3. The summed E-state index contributed by atoms with van der Waals surface area (Å²) in [6.45, 7) is 0.0782. The highest BCUT2D eigenvalue weighted by atomic mass is 16.6. The smallest absolute Gasteiger partial charge is 0.274 e. The number of benzene rings is 1. The fourth-order valence-electron chi connectivity index (χ4n) is 1.16. The van der Waals surface area contributed by atoms with E-state index < -0.39 is 0 Å². The minimum atomic E-state index is -0.234. The first kappa shape index (κ1) is 13.0. The summed E-state index contributed by atoms with van der Waals surface area (Å²) in [6, 6.07) is 9.23. The second-order valence-corrected chi connectivity index (χ2v) is 3.52. The monoisotopic (exact) mass is 236 g/mol. The van der Waals surface area contributed by atoms with Crippen LogP contribution < -0.4 is 4.74 Å². The molecule has 92 valence electrons. The molecular formula is C12H16N2O3. The van der Waals surface area contributed by atoms with E-state index in [-0.39, 0.29) is 18.2 Å². The van der Waals surface area contributed by atoms with Crippen molar-refractivity contribution in [3.05, 3.63) is 30.3 Å². The Balaban J connectivity index is 2.63. The van der Waals surface area contributed by atoms with E-state index in [2.05, 4.69) is 9.99 Å². The van der Waals surface area contributed by atoms with Crippen LogP contribution >= 0.6 is 0 Å². The van der Waals surface area contributed by atoms with Gasteiger partial charge in [0, 0.05) is 14.1 Å². The number of carbonyl (C=O) groups excluding carboxylic acids is 1. The van der Waals surface area contributed by atoms with Gasteiger partial charge in [-0.25, -0.2) is 0 Å². The van der Waals surface area contributed by atoms with Crippen LogP contribution in [0.2, 0.25) is 0 Å². The quantitative estimate of drug-likeness (QED) is 0.569. The van der Waals surface area contributed by atoms with Crippen molar-refractivity contribution in [1.29, 1.82) is 0 Å². The molecule has 0 aliphatic heterocycles. The van der Waals surface area contributed by atoms with Gasteiger partial charge < -0.3 is 14.5 Å². The number of amides is 1. The second-order valence-electron chi connectivity index (χ2n) is 3.52. The molecule has 0 aromatic heterocycles. The van der Waals surface area contributed by atoms with Crippen LogP contribution in [0, 0.1) is 0 Å². The van der Waals surface area contributed by atoms with Crippen LogP contribution in [0.15, 0.2) is 35.5 Å². The zero-order valence-electron chi connectivity index (χ0n) is 10.2. The van der Waals surface area contributed by atoms with Crippen molar-refractivity contribution >= 4 is 11.6 Å². The number of hydrogen-bond donors (Lipinski definition) is 0. The normalized spacial score (nSPS) is 10.9. The Labute approximate surface area is 101 Å². The van der Waals surface area contributed by atoms with Gasteiger partial charge in [-0.15, -0.1) is 0 Å². The first-order chi connectivity index (χ1) is 8.15. The Kier molecular flexibility index (Phi) is 5.00. The lowest BCUT2D eigenvalue weighted by Gasteiger charge is -2.12. The third-order valence-electron chi connectivity index (χ3n) is 1.97. The van der Waals surface area contributed by atoms with Crippen LogP contribution in [-0.2, 0) is 9.63 Å². The van der Waals surface area contributed by atoms with Gasteiger partial charge in [0.2, 0.25) is 0 Å². The molecule has 0 heterocycles. The van der Waals surface area contributed by atoms with E-state index in [1.807, 2.05) is 30.3 Å². The molecule has 0 unspecified atom stereocenters. The number of para-hydroxylation sites is 1. The lowest BCUT2D eigenvalue weighted by molar-refractivity contribution is -0.122. The van der Waals surface area contributed by atoms with Gasteiger partial charge in [-0.2, -0.15) is 0 Å². The van der Waals surface area contributed by atoms with Gasteiger partial charge in [-0.05, 0) is 12.1 Å². The van der Waals surface area contributed by atoms with Crippen LogP contribution in [-0.4, -0.2) is 44.3 Å². The highest BCUT2D eigenvalue weighted by Gasteiger charge is 2.15. The van der Waals surface area contributed by atoms with Crippen LogP contribution in [0.3, 0.4) is 0 Å². The summed E-state index contributed by atoms with van der Waals surface area (Å²) in [6.07, 6.45) is 0. The van der Waals surface area contributed by atoms with Crippen LogP contribution in [0.25, 0.3) is 0 Å². The van der Waals surface area contributed by atoms with E-state index in [0.717, 1.165) is 0 Å². The number of oxime groups is 1. The molecule has 0 aliphatic rings. The second kappa shape index (κ2) is 6.52. The average Bonchev–Trinajstić information content (AvgIpc) is 2.34. The van der Waals surface area contributed by atoms with Crippen LogP contribution in [0.4, 0.5) is 0 Å². The van der Waals surface area contributed by atoms with Crippen molar-refractivity contribution in [3.63, 3.8) is 0 Å². The fourth-order valence-corrected chi connectivity index (χ4v) is 1.16. The lowest BCUT2D eigenvalue weighted by Crippen LogP contribution is -2.33. The highest BCUT2D eigenvalue weighted by molar-refractivity contribution is 6.39.